The number of hydrogen-bond acceptors (Lipinski definition) is 26. The van der Waals surface area contributed by atoms with Gasteiger partial charge in [0.15, 0.2) is 35.5 Å². The number of nitrogens with one attached hydrogen (secondary N) is 2. The average Bonchev–Trinajstić information content (AvgIpc) is 1.51. The minimum atomic E-state index is -5.35. The topological polar surface area (TPSA) is 494 Å². The highest BCUT2D eigenvalue weighted by molar-refractivity contribution is 7.82. The fraction of sp³-hybridized carbons (Fsp3) is 0.456. The molecule has 12 atom stereocenters. The van der Waals surface area contributed by atoms with Crippen LogP contribution in [0.1, 0.15) is 72.1 Å². The number of likely N-dealkylation sites (N-methyl/N-ethyl adjacent to an activating group) is 2. The number of rotatable bonds is 23. The summed E-state index contributed by atoms with van der Waals surface area (Å²) in [6.07, 6.45) is -19.7. The van der Waals surface area contributed by atoms with Gasteiger partial charge in [-0.05, 0) is 73.7 Å². The zero-order valence-electron chi connectivity index (χ0n) is 49.1. The van der Waals surface area contributed by atoms with Gasteiger partial charge in [-0.1, -0.05) is 13.8 Å². The van der Waals surface area contributed by atoms with Crippen LogP contribution in [0.2, 0.25) is 0 Å². The van der Waals surface area contributed by atoms with Crippen LogP contribution in [0.3, 0.4) is 0 Å². The van der Waals surface area contributed by atoms with Crippen LogP contribution < -0.4 is 29.3 Å². The largest absolute Gasteiger partial charge is 0.501 e. The molecule has 0 unspecified atom stereocenters. The zero-order chi connectivity index (χ0) is 67.2. The number of ether oxygens (including phenoxy) is 4. The van der Waals surface area contributed by atoms with Crippen molar-refractivity contribution < 1.29 is 125 Å². The van der Waals surface area contributed by atoms with E-state index >= 15 is 0 Å². The van der Waals surface area contributed by atoms with E-state index < -0.39 is 167 Å². The van der Waals surface area contributed by atoms with E-state index in [4.69, 9.17) is 32.3 Å². The van der Waals surface area contributed by atoms with Crippen LogP contribution in [0.5, 0.6) is 17.2 Å². The Kier molecular flexibility index (Phi) is 19.5. The molecule has 34 nitrogen and oxygen atoms in total. The number of nitrogens with zero attached hydrogens (tertiary/aromatic N) is 5. The second kappa shape index (κ2) is 26.7. The van der Waals surface area contributed by atoms with Crippen LogP contribution in [0.4, 0.5) is 0 Å². The predicted molar refractivity (Wildman–Crippen MR) is 304 cm³/mol. The normalized spacial score (nSPS) is 25.2. The molecule has 2 fully saturated rings. The summed E-state index contributed by atoms with van der Waals surface area (Å²) >= 11 is 0. The molecule has 0 saturated carbocycles. The number of amides is 6. The first-order chi connectivity index (χ1) is 43.4. The summed E-state index contributed by atoms with van der Waals surface area (Å²) < 4.78 is 61.5. The summed E-state index contributed by atoms with van der Waals surface area (Å²) in [5.41, 5.74) is -0.592. The van der Waals surface area contributed by atoms with E-state index in [1.165, 1.54) is 42.9 Å². The van der Waals surface area contributed by atoms with Crippen molar-refractivity contribution in [2.75, 3.05) is 33.7 Å². The standard InChI is InChI=1S/C57H63N7O27S/c1-5-26-27-19-25(11-12-31(27)59-40-28(26)21-63-33(40)20-30-29(51(63)76)23-86-56(82)57(30,83)6-2)90-92(84,85)91-35-18-24(10-13-34(35)87-55-46(74)42(70)44(72)48(89-55)54(80)81)50(75)61(3)16-17-62(4)52(77)32(58-37(66)22-64-38(67)14-15-39(64)68)8-7-9-36(65)60-49-45(73)41(69)43(71)47(88-49)53(78)79/h10-15,18-20,32,41-49,55,69-74,83H,5-9,16-17,21-23H2,1-4H3,(H,58,66)(H,60,65)(H,78,79)(H,80,81)/t32-,41-,42-,43-,44-,45+,46+,47-,48-,49-,55+,57-/m0/s1. The van der Waals surface area contributed by atoms with Crippen molar-refractivity contribution in [1.82, 2.24) is 34.9 Å². The van der Waals surface area contributed by atoms with Gasteiger partial charge in [0.25, 0.3) is 23.3 Å². The number of cyclic esters (lactones) is 1. The third-order valence-corrected chi connectivity index (χ3v) is 16.9. The first-order valence-electron chi connectivity index (χ1n) is 28.4. The van der Waals surface area contributed by atoms with Crippen LogP contribution in [0.15, 0.2) is 59.4 Å². The van der Waals surface area contributed by atoms with Crippen molar-refractivity contribution in [1.29, 1.82) is 0 Å². The summed E-state index contributed by atoms with van der Waals surface area (Å²) in [7, 11) is -2.81. The Bertz CT molecular complexity index is 3880. The number of hydrogen-bond donors (Lipinski definition) is 11. The maximum absolute atomic E-state index is 14.2. The number of benzene rings is 2. The maximum atomic E-state index is 14.2. The monoisotopic (exact) mass is 1310 g/mol. The molecule has 0 spiro atoms. The number of aryl methyl sites for hydroxylation is 1. The molecular weight excluding hydrogens is 1250 g/mol. The lowest BCUT2D eigenvalue weighted by molar-refractivity contribution is -0.271. The SMILES string of the molecule is CCc1c2c(nc3ccc(OS(=O)(=O)Oc4cc(C(=O)N(C)CCN(C)C(=O)[C@H](CCCC(=O)N[C@H]5O[C@H](C(=O)O)[C@@H](O)[C@H](O)[C@H]5O)NC(=O)CN5C(=O)C=CC5=O)ccc4O[C@@H]4O[C@H](C(=O)O)[C@@H](O)[C@H](O)[C@H]4O)cc13)-c1cc3c(c(=O)n1C2)COC(=O)[C@]3(O)CC. The van der Waals surface area contributed by atoms with Crippen LogP contribution in [-0.2, 0) is 88.1 Å². The molecule has 494 valence electrons. The third kappa shape index (κ3) is 13.3. The number of carboxylic acids is 2. The number of carbonyl (C=O) groups is 9. The van der Waals surface area contributed by atoms with Crippen LogP contribution in [0.25, 0.3) is 22.3 Å². The molecule has 2 aromatic heterocycles. The van der Waals surface area contributed by atoms with Gasteiger partial charge < -0.3 is 98.3 Å². The summed E-state index contributed by atoms with van der Waals surface area (Å²) in [5.74, 6) is -11.5. The molecular formula is C57H63N7O27S. The quantitative estimate of drug-likeness (QED) is 0.0218. The van der Waals surface area contributed by atoms with Gasteiger partial charge >= 0.3 is 28.3 Å². The number of carboxylic acid groups (broad SMARTS) is 2. The molecule has 0 aliphatic carbocycles. The van der Waals surface area contributed by atoms with Gasteiger partial charge in [-0.15, -0.1) is 8.42 Å². The molecule has 2 saturated heterocycles. The molecule has 0 radical (unpaired) electrons. The predicted octanol–water partition coefficient (Wildman–Crippen LogP) is -4.27. The van der Waals surface area contributed by atoms with Crippen molar-refractivity contribution >= 4 is 74.7 Å². The van der Waals surface area contributed by atoms with E-state index in [1.54, 1.807) is 13.8 Å². The van der Waals surface area contributed by atoms with Gasteiger partial charge in [-0.3, -0.25) is 38.5 Å². The fourth-order valence-electron chi connectivity index (χ4n) is 11.0. The number of carbonyl (C=O) groups excluding carboxylic acids is 7. The summed E-state index contributed by atoms with van der Waals surface area (Å²) in [5, 5.41) is 97.6. The lowest BCUT2D eigenvalue weighted by Crippen LogP contribution is -2.64. The van der Waals surface area contributed by atoms with E-state index in [0.717, 1.165) is 40.2 Å². The van der Waals surface area contributed by atoms with Crippen LogP contribution >= 0.6 is 0 Å². The Hall–Kier alpha value is -9.04. The zero-order valence-corrected chi connectivity index (χ0v) is 50.0. The van der Waals surface area contributed by atoms with Crippen LogP contribution in [-0.4, -0.2) is 233 Å². The Morgan fingerprint density at radius 2 is 1.43 bits per heavy atom. The van der Waals surface area contributed by atoms with Gasteiger partial charge in [0, 0.05) is 67.8 Å². The Morgan fingerprint density at radius 3 is 2.09 bits per heavy atom. The fourth-order valence-corrected chi connectivity index (χ4v) is 11.8. The lowest BCUT2D eigenvalue weighted by Gasteiger charge is -2.38. The highest BCUT2D eigenvalue weighted by atomic mass is 32.3. The Balaban J connectivity index is 0.926. The molecule has 35 heteroatoms. The second-order valence-electron chi connectivity index (χ2n) is 22.1. The maximum Gasteiger partial charge on any atom is 0.501 e. The third-order valence-electron chi connectivity index (χ3n) is 16.2. The van der Waals surface area contributed by atoms with Crippen molar-refractivity contribution in [3.05, 3.63) is 92.8 Å². The van der Waals surface area contributed by atoms with Gasteiger partial charge in [0.2, 0.25) is 24.0 Å². The number of aliphatic hydroxyl groups is 7. The van der Waals surface area contributed by atoms with Gasteiger partial charge in [0.05, 0.1) is 29.0 Å². The van der Waals surface area contributed by atoms with Gasteiger partial charge in [0.1, 0.15) is 61.6 Å². The molecule has 11 N–H and O–H groups in total. The first-order valence-corrected chi connectivity index (χ1v) is 29.8. The molecule has 2 aromatic carbocycles. The summed E-state index contributed by atoms with van der Waals surface area (Å²) in [6.45, 7) is 1.56. The number of esters is 1. The number of fused-ring (bicyclic) bond motifs is 5. The minimum Gasteiger partial charge on any atom is -0.479 e. The number of aliphatic carboxylic acids is 2. The summed E-state index contributed by atoms with van der Waals surface area (Å²) in [4.78, 5) is 137. The Morgan fingerprint density at radius 1 is 0.783 bits per heavy atom. The first kappa shape index (κ1) is 67.4. The van der Waals surface area contributed by atoms with E-state index in [2.05, 4.69) is 10.6 Å². The molecule has 4 aromatic rings. The van der Waals surface area contributed by atoms with Gasteiger partial charge in [-0.2, -0.15) is 0 Å². The molecule has 5 aliphatic heterocycles. The van der Waals surface area contributed by atoms with Crippen molar-refractivity contribution in [2.45, 2.75) is 132 Å². The summed E-state index contributed by atoms with van der Waals surface area (Å²) in [6, 6.07) is 6.87. The van der Waals surface area contributed by atoms with Crippen molar-refractivity contribution in [3.8, 4) is 28.6 Å². The van der Waals surface area contributed by atoms with Crippen molar-refractivity contribution in [2.24, 2.45) is 0 Å². The molecule has 9 rings (SSSR count). The lowest BCUT2D eigenvalue weighted by atomic mass is 9.86. The number of aliphatic hydroxyl groups excluding tert-OH is 6. The van der Waals surface area contributed by atoms with Gasteiger partial charge in [-0.25, -0.2) is 19.4 Å². The van der Waals surface area contributed by atoms with E-state index in [1.807, 2.05) is 0 Å². The van der Waals surface area contributed by atoms with Crippen molar-refractivity contribution in [3.63, 3.8) is 0 Å². The average molecular weight is 1310 g/mol. The number of pyridine rings is 2. The van der Waals surface area contributed by atoms with E-state index in [-0.39, 0.29) is 67.9 Å². The molecule has 5 aliphatic rings. The molecule has 6 amide bonds. The Labute approximate surface area is 520 Å². The minimum absolute atomic E-state index is 0.00445. The van der Waals surface area contributed by atoms with E-state index in [9.17, 15) is 102 Å². The molecule has 0 bridgehead atoms. The van der Waals surface area contributed by atoms with Crippen LogP contribution in [0, 0.1) is 0 Å². The number of aromatic nitrogens is 2. The highest BCUT2D eigenvalue weighted by Crippen LogP contribution is 2.42. The smallest absolute Gasteiger partial charge is 0.479 e. The van der Waals surface area contributed by atoms with E-state index in [0.29, 0.717) is 44.7 Å². The number of imide groups is 1. The molecule has 92 heavy (non-hydrogen) atoms. The molecule has 7 heterocycles. The second-order valence-corrected chi connectivity index (χ2v) is 23.2. The highest BCUT2D eigenvalue weighted by Gasteiger charge is 2.50.